The predicted molar refractivity (Wildman–Crippen MR) is 76.1 cm³/mol. The van der Waals surface area contributed by atoms with Crippen molar-refractivity contribution < 1.29 is 18.0 Å². The lowest BCUT2D eigenvalue weighted by atomic mass is 9.90. The normalized spacial score (nSPS) is 20.9. The Kier molecular flexibility index (Phi) is 3.51. The number of aromatic nitrogens is 2. The standard InChI is InChI=1S/C14H11BrF3N3O/c1-14(8-4-7(15)2-3-9(8)16)6-21-5-10(11(17)18)19-12(21)13(22)20-14/h2-5,11H,6H2,1H3,(H,20,22). The van der Waals surface area contributed by atoms with E-state index >= 15 is 0 Å². The van der Waals surface area contributed by atoms with Crippen LogP contribution in [0.15, 0.2) is 28.9 Å². The first-order valence-electron chi connectivity index (χ1n) is 6.43. The number of halogens is 4. The molecule has 2 aromatic rings. The maximum Gasteiger partial charge on any atom is 0.288 e. The Bertz CT molecular complexity index is 762. The van der Waals surface area contributed by atoms with Crippen molar-refractivity contribution in [3.05, 3.63) is 51.8 Å². The minimum Gasteiger partial charge on any atom is -0.338 e. The van der Waals surface area contributed by atoms with Crippen LogP contribution in [0.1, 0.15) is 35.2 Å². The molecule has 3 rings (SSSR count). The Morgan fingerprint density at radius 1 is 1.45 bits per heavy atom. The van der Waals surface area contributed by atoms with Crippen LogP contribution in [0, 0.1) is 5.82 Å². The summed E-state index contributed by atoms with van der Waals surface area (Å²) in [5, 5.41) is 2.66. The molecule has 1 aliphatic rings. The Morgan fingerprint density at radius 2 is 2.18 bits per heavy atom. The number of benzene rings is 1. The number of rotatable bonds is 2. The van der Waals surface area contributed by atoms with Crippen LogP contribution in [0.3, 0.4) is 0 Å². The summed E-state index contributed by atoms with van der Waals surface area (Å²) in [5.74, 6) is -1.19. The second-order valence-corrected chi connectivity index (χ2v) is 6.24. The fourth-order valence-corrected chi connectivity index (χ4v) is 2.96. The molecule has 1 aliphatic heterocycles. The van der Waals surface area contributed by atoms with Crippen LogP contribution < -0.4 is 5.32 Å². The number of carbonyl (C=O) groups excluding carboxylic acids is 1. The van der Waals surface area contributed by atoms with E-state index in [1.807, 2.05) is 0 Å². The summed E-state index contributed by atoms with van der Waals surface area (Å²) in [6, 6.07) is 4.39. The van der Waals surface area contributed by atoms with Crippen LogP contribution in [-0.4, -0.2) is 15.5 Å². The molecule has 1 N–H and O–H groups in total. The Hall–Kier alpha value is -1.83. The number of imidazole rings is 1. The molecule has 0 spiro atoms. The van der Waals surface area contributed by atoms with E-state index in [0.717, 1.165) is 6.20 Å². The highest BCUT2D eigenvalue weighted by Crippen LogP contribution is 2.32. The van der Waals surface area contributed by atoms with Gasteiger partial charge in [0.2, 0.25) is 0 Å². The molecule has 2 heterocycles. The fraction of sp³-hybridized carbons (Fsp3) is 0.286. The van der Waals surface area contributed by atoms with E-state index in [1.165, 1.54) is 10.6 Å². The van der Waals surface area contributed by atoms with Crippen LogP contribution in [0.2, 0.25) is 0 Å². The SMILES string of the molecule is CC1(c2cc(Br)ccc2F)Cn2cc(C(F)F)nc2C(=O)N1. The monoisotopic (exact) mass is 373 g/mol. The van der Waals surface area contributed by atoms with Crippen molar-refractivity contribution in [2.24, 2.45) is 0 Å². The third-order valence-corrected chi connectivity index (χ3v) is 4.11. The van der Waals surface area contributed by atoms with Crippen molar-refractivity contribution >= 4 is 21.8 Å². The quantitative estimate of drug-likeness (QED) is 0.876. The molecule has 0 aliphatic carbocycles. The molecule has 8 heteroatoms. The Balaban J connectivity index is 2.07. The van der Waals surface area contributed by atoms with Gasteiger partial charge in [0.05, 0.1) is 12.1 Å². The first kappa shape index (κ1) is 15.1. The van der Waals surface area contributed by atoms with E-state index in [9.17, 15) is 18.0 Å². The topological polar surface area (TPSA) is 46.9 Å². The minimum atomic E-state index is -2.76. The Morgan fingerprint density at radius 3 is 2.86 bits per heavy atom. The molecule has 1 amide bonds. The first-order valence-corrected chi connectivity index (χ1v) is 7.23. The van der Waals surface area contributed by atoms with Crippen LogP contribution >= 0.6 is 15.9 Å². The number of carbonyl (C=O) groups is 1. The molecular weight excluding hydrogens is 363 g/mol. The molecule has 1 aromatic carbocycles. The van der Waals surface area contributed by atoms with Crippen LogP contribution in [0.25, 0.3) is 0 Å². The van der Waals surface area contributed by atoms with Crippen molar-refractivity contribution in [2.75, 3.05) is 0 Å². The fourth-order valence-electron chi connectivity index (χ4n) is 2.60. The minimum absolute atomic E-state index is 0.0943. The highest BCUT2D eigenvalue weighted by Gasteiger charge is 2.39. The maximum absolute atomic E-state index is 14.1. The van der Waals surface area contributed by atoms with E-state index in [2.05, 4.69) is 26.2 Å². The van der Waals surface area contributed by atoms with E-state index in [1.54, 1.807) is 19.1 Å². The highest BCUT2D eigenvalue weighted by atomic mass is 79.9. The molecule has 0 radical (unpaired) electrons. The third kappa shape index (κ3) is 2.41. The molecule has 4 nitrogen and oxygen atoms in total. The second kappa shape index (κ2) is 5.12. The van der Waals surface area contributed by atoms with E-state index in [4.69, 9.17) is 0 Å². The summed E-state index contributed by atoms with van der Waals surface area (Å²) >= 11 is 3.26. The lowest BCUT2D eigenvalue weighted by molar-refractivity contribution is 0.0837. The first-order chi connectivity index (χ1) is 10.3. The molecule has 0 saturated heterocycles. The number of amides is 1. The number of nitrogens with one attached hydrogen (secondary N) is 1. The van der Waals surface area contributed by atoms with E-state index < -0.39 is 29.4 Å². The van der Waals surface area contributed by atoms with Gasteiger partial charge in [-0.05, 0) is 25.1 Å². The van der Waals surface area contributed by atoms with Crippen LogP contribution in [-0.2, 0) is 12.1 Å². The summed E-state index contributed by atoms with van der Waals surface area (Å²) < 4.78 is 41.6. The number of hydrogen-bond acceptors (Lipinski definition) is 2. The summed E-state index contributed by atoms with van der Waals surface area (Å²) in [6.45, 7) is 1.75. The predicted octanol–water partition coefficient (Wildman–Crippen LogP) is 3.38. The molecule has 1 aromatic heterocycles. The van der Waals surface area contributed by atoms with Crippen molar-refractivity contribution in [2.45, 2.75) is 25.4 Å². The van der Waals surface area contributed by atoms with Crippen molar-refractivity contribution in [1.29, 1.82) is 0 Å². The highest BCUT2D eigenvalue weighted by molar-refractivity contribution is 9.10. The van der Waals surface area contributed by atoms with Gasteiger partial charge in [0.25, 0.3) is 12.3 Å². The van der Waals surface area contributed by atoms with E-state index in [0.29, 0.717) is 4.47 Å². The summed E-state index contributed by atoms with van der Waals surface area (Å²) in [7, 11) is 0. The average molecular weight is 374 g/mol. The van der Waals surface area contributed by atoms with Crippen molar-refractivity contribution in [3.8, 4) is 0 Å². The van der Waals surface area contributed by atoms with Crippen LogP contribution in [0.4, 0.5) is 13.2 Å². The second-order valence-electron chi connectivity index (χ2n) is 5.33. The van der Waals surface area contributed by atoms with Gasteiger partial charge in [-0.15, -0.1) is 0 Å². The summed E-state index contributed by atoms with van der Waals surface area (Å²) in [4.78, 5) is 15.8. The van der Waals surface area contributed by atoms with Gasteiger partial charge < -0.3 is 9.88 Å². The summed E-state index contributed by atoms with van der Waals surface area (Å²) in [5.41, 5.74) is -1.25. The third-order valence-electron chi connectivity index (χ3n) is 3.62. The number of hydrogen-bond donors (Lipinski definition) is 1. The van der Waals surface area contributed by atoms with Gasteiger partial charge in [-0.2, -0.15) is 0 Å². The number of fused-ring (bicyclic) bond motifs is 1. The zero-order valence-corrected chi connectivity index (χ0v) is 13.0. The molecule has 1 unspecified atom stereocenters. The molecule has 0 saturated carbocycles. The maximum atomic E-state index is 14.1. The molecular formula is C14H11BrF3N3O. The average Bonchev–Trinajstić information content (AvgIpc) is 2.85. The van der Waals surface area contributed by atoms with Gasteiger partial charge in [0, 0.05) is 16.2 Å². The number of alkyl halides is 2. The number of nitrogens with zero attached hydrogens (tertiary/aromatic N) is 2. The van der Waals surface area contributed by atoms with Crippen molar-refractivity contribution in [1.82, 2.24) is 14.9 Å². The molecule has 0 fully saturated rings. The van der Waals surface area contributed by atoms with Crippen LogP contribution in [0.5, 0.6) is 0 Å². The smallest absolute Gasteiger partial charge is 0.288 e. The zero-order valence-electron chi connectivity index (χ0n) is 11.4. The van der Waals surface area contributed by atoms with Gasteiger partial charge in [0.1, 0.15) is 11.5 Å². The van der Waals surface area contributed by atoms with Gasteiger partial charge in [0.15, 0.2) is 5.82 Å². The van der Waals surface area contributed by atoms with Gasteiger partial charge in [-0.1, -0.05) is 15.9 Å². The lowest BCUT2D eigenvalue weighted by Gasteiger charge is -2.35. The van der Waals surface area contributed by atoms with Gasteiger partial charge >= 0.3 is 0 Å². The van der Waals surface area contributed by atoms with Gasteiger partial charge in [-0.3, -0.25) is 4.79 Å². The van der Waals surface area contributed by atoms with E-state index in [-0.39, 0.29) is 17.9 Å². The lowest BCUT2D eigenvalue weighted by Crippen LogP contribution is -2.52. The molecule has 22 heavy (non-hydrogen) atoms. The van der Waals surface area contributed by atoms with Gasteiger partial charge in [-0.25, -0.2) is 18.2 Å². The molecule has 1 atom stereocenters. The Labute approximate surface area is 132 Å². The molecule has 0 bridgehead atoms. The largest absolute Gasteiger partial charge is 0.338 e. The molecule has 116 valence electrons. The summed E-state index contributed by atoms with van der Waals surface area (Å²) in [6.07, 6.45) is -1.63. The zero-order chi connectivity index (χ0) is 16.1. The van der Waals surface area contributed by atoms with Crippen molar-refractivity contribution in [3.63, 3.8) is 0 Å².